The lowest BCUT2D eigenvalue weighted by Gasteiger charge is -2.02. The fourth-order valence-corrected chi connectivity index (χ4v) is 0.818. The van der Waals surface area contributed by atoms with Crippen LogP contribution in [0.5, 0.6) is 0 Å². The fourth-order valence-electron chi connectivity index (χ4n) is 0.818. The van der Waals surface area contributed by atoms with E-state index >= 15 is 0 Å². The molecule has 0 aliphatic heterocycles. The first-order valence-corrected chi connectivity index (χ1v) is 3.93. The zero-order valence-corrected chi connectivity index (χ0v) is 7.69. The number of hydrogen-bond acceptors (Lipinski definition) is 4. The number of amidine groups is 1. The predicted molar refractivity (Wildman–Crippen MR) is 55.2 cm³/mol. The minimum absolute atomic E-state index is 0.227. The molecule has 0 unspecified atom stereocenters. The second-order valence-electron chi connectivity index (χ2n) is 2.38. The maximum Gasteiger partial charge on any atom is 0.252 e. The second-order valence-corrected chi connectivity index (χ2v) is 2.38. The van der Waals surface area contributed by atoms with Gasteiger partial charge in [-0.15, -0.1) is 0 Å². The number of nitrogens with two attached hydrogens (primary N) is 1. The standard InChI is InChI=1S/C8H11N5O/c1-10-6(2-4-9)12-8-11-5-3-7(14)13-8/h2-5H,9H2,1H3,(H2,10,11,12,13,14). The normalized spacial score (nSPS) is 11.9. The first-order chi connectivity index (χ1) is 6.76. The van der Waals surface area contributed by atoms with Crippen LogP contribution in [0.15, 0.2) is 34.3 Å². The number of aliphatic imine (C=N–C) groups is 1. The van der Waals surface area contributed by atoms with Gasteiger partial charge in [0.25, 0.3) is 5.56 Å². The summed E-state index contributed by atoms with van der Waals surface area (Å²) in [5, 5.41) is 2.79. The molecule has 0 aliphatic carbocycles. The lowest BCUT2D eigenvalue weighted by atomic mass is 10.5. The number of aromatic amines is 1. The van der Waals surface area contributed by atoms with Crippen molar-refractivity contribution in [3.63, 3.8) is 0 Å². The summed E-state index contributed by atoms with van der Waals surface area (Å²) in [5.74, 6) is 0.845. The van der Waals surface area contributed by atoms with Crippen molar-refractivity contribution >= 4 is 11.8 Å². The zero-order chi connectivity index (χ0) is 10.4. The molecule has 0 amide bonds. The summed E-state index contributed by atoms with van der Waals surface area (Å²) in [7, 11) is 1.60. The molecule has 0 bridgehead atoms. The van der Waals surface area contributed by atoms with Crippen molar-refractivity contribution in [3.8, 4) is 0 Å². The Morgan fingerprint density at radius 1 is 1.79 bits per heavy atom. The van der Waals surface area contributed by atoms with Crippen LogP contribution in [0.2, 0.25) is 0 Å². The monoisotopic (exact) mass is 193 g/mol. The Hall–Kier alpha value is -2.11. The Bertz CT molecular complexity index is 406. The van der Waals surface area contributed by atoms with E-state index in [0.29, 0.717) is 11.8 Å². The molecule has 0 fully saturated rings. The third-order valence-corrected chi connectivity index (χ3v) is 1.41. The number of anilines is 1. The largest absolute Gasteiger partial charge is 0.404 e. The minimum Gasteiger partial charge on any atom is -0.404 e. The second kappa shape index (κ2) is 4.80. The summed E-state index contributed by atoms with van der Waals surface area (Å²) in [4.78, 5) is 21.2. The zero-order valence-electron chi connectivity index (χ0n) is 7.69. The first-order valence-electron chi connectivity index (χ1n) is 3.93. The highest BCUT2D eigenvalue weighted by molar-refractivity contribution is 6.02. The third kappa shape index (κ3) is 2.74. The van der Waals surface area contributed by atoms with Crippen molar-refractivity contribution in [1.82, 2.24) is 9.97 Å². The fraction of sp³-hybridized carbons (Fsp3) is 0.125. The van der Waals surface area contributed by atoms with Gasteiger partial charge in [-0.3, -0.25) is 14.8 Å². The van der Waals surface area contributed by atoms with Crippen LogP contribution in [0.4, 0.5) is 5.95 Å². The summed E-state index contributed by atoms with van der Waals surface area (Å²) >= 11 is 0. The van der Waals surface area contributed by atoms with Crippen LogP contribution < -0.4 is 16.6 Å². The molecule has 0 spiro atoms. The van der Waals surface area contributed by atoms with Gasteiger partial charge in [-0.25, -0.2) is 4.98 Å². The van der Waals surface area contributed by atoms with Gasteiger partial charge in [-0.1, -0.05) is 0 Å². The molecule has 0 atom stereocenters. The molecular weight excluding hydrogens is 182 g/mol. The van der Waals surface area contributed by atoms with Crippen molar-refractivity contribution in [1.29, 1.82) is 0 Å². The third-order valence-electron chi connectivity index (χ3n) is 1.41. The van der Waals surface area contributed by atoms with Crippen LogP contribution in [-0.4, -0.2) is 22.9 Å². The molecular formula is C8H11N5O. The summed E-state index contributed by atoms with van der Waals surface area (Å²) in [6.07, 6.45) is 4.31. The highest BCUT2D eigenvalue weighted by atomic mass is 16.1. The number of nitrogens with zero attached hydrogens (tertiary/aromatic N) is 2. The molecule has 0 radical (unpaired) electrons. The molecule has 74 valence electrons. The molecule has 1 rings (SSSR count). The van der Waals surface area contributed by atoms with Crippen LogP contribution in [0.3, 0.4) is 0 Å². The molecule has 0 saturated carbocycles. The van der Waals surface area contributed by atoms with E-state index in [2.05, 4.69) is 20.3 Å². The van der Waals surface area contributed by atoms with Crippen molar-refractivity contribution in [2.24, 2.45) is 10.7 Å². The summed E-state index contributed by atoms with van der Waals surface area (Å²) in [5.41, 5.74) is 4.97. The molecule has 1 heterocycles. The van der Waals surface area contributed by atoms with E-state index in [1.165, 1.54) is 18.5 Å². The van der Waals surface area contributed by atoms with E-state index in [0.717, 1.165) is 0 Å². The van der Waals surface area contributed by atoms with Gasteiger partial charge in [0.05, 0.1) is 0 Å². The van der Waals surface area contributed by atoms with Gasteiger partial charge < -0.3 is 11.1 Å². The van der Waals surface area contributed by atoms with Gasteiger partial charge >= 0.3 is 0 Å². The number of H-pyrrole nitrogens is 1. The molecule has 0 aromatic carbocycles. The number of rotatable bonds is 2. The quantitative estimate of drug-likeness (QED) is 0.443. The number of nitrogens with one attached hydrogen (secondary N) is 2. The lowest BCUT2D eigenvalue weighted by Crippen LogP contribution is -2.16. The predicted octanol–water partition coefficient (Wildman–Crippen LogP) is -0.318. The Balaban J connectivity index is 2.83. The average Bonchev–Trinajstić information content (AvgIpc) is 2.17. The topological polar surface area (TPSA) is 96.2 Å². The summed E-state index contributed by atoms with van der Waals surface area (Å²) < 4.78 is 0. The van der Waals surface area contributed by atoms with E-state index in [4.69, 9.17) is 5.73 Å². The summed E-state index contributed by atoms with van der Waals surface area (Å²) in [6.45, 7) is 0. The van der Waals surface area contributed by atoms with Gasteiger partial charge in [0.1, 0.15) is 5.84 Å². The Kier molecular flexibility index (Phi) is 3.42. The molecule has 0 saturated heterocycles. The Labute approximate surface area is 80.6 Å². The molecule has 6 nitrogen and oxygen atoms in total. The van der Waals surface area contributed by atoms with E-state index in [1.807, 2.05) is 0 Å². The molecule has 1 aromatic heterocycles. The Morgan fingerprint density at radius 2 is 2.57 bits per heavy atom. The van der Waals surface area contributed by atoms with Gasteiger partial charge in [-0.2, -0.15) is 0 Å². The van der Waals surface area contributed by atoms with E-state index in [1.54, 1.807) is 13.1 Å². The van der Waals surface area contributed by atoms with Gasteiger partial charge in [0.2, 0.25) is 5.95 Å². The van der Waals surface area contributed by atoms with Crippen LogP contribution in [0.1, 0.15) is 0 Å². The highest BCUT2D eigenvalue weighted by Gasteiger charge is 1.96. The van der Waals surface area contributed by atoms with E-state index < -0.39 is 0 Å². The number of aromatic nitrogens is 2. The van der Waals surface area contributed by atoms with Crippen molar-refractivity contribution in [2.45, 2.75) is 0 Å². The van der Waals surface area contributed by atoms with Crippen LogP contribution >= 0.6 is 0 Å². The minimum atomic E-state index is -0.227. The molecule has 14 heavy (non-hydrogen) atoms. The van der Waals surface area contributed by atoms with Gasteiger partial charge in [-0.05, 0) is 12.3 Å². The van der Waals surface area contributed by atoms with E-state index in [9.17, 15) is 4.79 Å². The SMILES string of the molecule is CN=C(C=CN)Nc1nccc(=O)[nH]1. The maximum absolute atomic E-state index is 10.9. The first kappa shape index (κ1) is 9.97. The lowest BCUT2D eigenvalue weighted by molar-refractivity contribution is 1.13. The van der Waals surface area contributed by atoms with Crippen molar-refractivity contribution in [2.75, 3.05) is 12.4 Å². The van der Waals surface area contributed by atoms with Crippen LogP contribution in [0, 0.1) is 0 Å². The smallest absolute Gasteiger partial charge is 0.252 e. The van der Waals surface area contributed by atoms with Crippen LogP contribution in [-0.2, 0) is 0 Å². The van der Waals surface area contributed by atoms with E-state index in [-0.39, 0.29) is 5.56 Å². The molecule has 1 aromatic rings. The van der Waals surface area contributed by atoms with Crippen molar-refractivity contribution < 1.29 is 0 Å². The van der Waals surface area contributed by atoms with Crippen molar-refractivity contribution in [3.05, 3.63) is 34.9 Å². The number of hydrogen-bond donors (Lipinski definition) is 3. The van der Waals surface area contributed by atoms with Gasteiger partial charge in [0, 0.05) is 19.3 Å². The van der Waals surface area contributed by atoms with Crippen LogP contribution in [0.25, 0.3) is 0 Å². The molecule has 6 heteroatoms. The highest BCUT2D eigenvalue weighted by Crippen LogP contribution is 1.92. The summed E-state index contributed by atoms with van der Waals surface area (Å²) in [6, 6.07) is 1.33. The molecule has 0 aliphatic rings. The average molecular weight is 193 g/mol. The van der Waals surface area contributed by atoms with Gasteiger partial charge in [0.15, 0.2) is 0 Å². The Morgan fingerprint density at radius 3 is 3.14 bits per heavy atom. The molecule has 4 N–H and O–H groups in total. The maximum atomic E-state index is 10.9.